The van der Waals surface area contributed by atoms with E-state index < -0.39 is 0 Å². The van der Waals surface area contributed by atoms with Crippen molar-refractivity contribution in [1.82, 2.24) is 19.6 Å². The molecule has 2 aliphatic heterocycles. The lowest BCUT2D eigenvalue weighted by atomic mass is 10.2. The molecular formula is C24H32N4O3. The highest BCUT2D eigenvalue weighted by molar-refractivity contribution is 5.94. The second-order valence-corrected chi connectivity index (χ2v) is 8.55. The Morgan fingerprint density at radius 2 is 2.10 bits per heavy atom. The summed E-state index contributed by atoms with van der Waals surface area (Å²) >= 11 is 0. The van der Waals surface area contributed by atoms with Crippen molar-refractivity contribution < 1.29 is 14.3 Å². The maximum absolute atomic E-state index is 12.8. The molecule has 0 radical (unpaired) electrons. The second kappa shape index (κ2) is 9.56. The first-order valence-electron chi connectivity index (χ1n) is 11.2. The molecule has 1 aromatic carbocycles. The number of likely N-dealkylation sites (tertiary alicyclic amines) is 1. The quantitative estimate of drug-likeness (QED) is 0.637. The van der Waals surface area contributed by atoms with Crippen LogP contribution in [0, 0.1) is 0 Å². The van der Waals surface area contributed by atoms with Crippen molar-refractivity contribution in [1.29, 1.82) is 0 Å². The number of morpholine rings is 1. The largest absolute Gasteiger partial charge is 0.494 e. The van der Waals surface area contributed by atoms with Gasteiger partial charge in [-0.3, -0.25) is 4.79 Å². The standard InChI is InChI=1S/C24H32N4O3/c1-18-6-4-11-26(18)12-5-13-30-23-9-7-22(8-10-23)28-17-21(14-25-28)24(29)27-15-19(2)31-20(3)16-27/h7-10,14,17-18,20H,2,4-6,11-13,15-16H2,1,3H3/t18?,20-/m1/s1. The van der Waals surface area contributed by atoms with Crippen molar-refractivity contribution in [2.75, 3.05) is 32.8 Å². The van der Waals surface area contributed by atoms with Crippen LogP contribution in [0.3, 0.4) is 0 Å². The first-order chi connectivity index (χ1) is 15.0. The highest BCUT2D eigenvalue weighted by Crippen LogP contribution is 2.19. The SMILES string of the molecule is C=C1CN(C(=O)c2cnn(-c3ccc(OCCCN4CCCC4C)cc3)c2)C[C@@H](C)O1. The lowest BCUT2D eigenvalue weighted by Gasteiger charge is -2.32. The van der Waals surface area contributed by atoms with E-state index in [2.05, 4.69) is 23.5 Å². The molecule has 2 fully saturated rings. The van der Waals surface area contributed by atoms with Gasteiger partial charge in [0.05, 0.1) is 37.1 Å². The molecule has 0 bridgehead atoms. The number of hydrogen-bond acceptors (Lipinski definition) is 5. The van der Waals surface area contributed by atoms with Crippen LogP contribution in [0.2, 0.25) is 0 Å². The van der Waals surface area contributed by atoms with Crippen molar-refractivity contribution in [2.45, 2.75) is 45.3 Å². The summed E-state index contributed by atoms with van der Waals surface area (Å²) in [6, 6.07) is 8.51. The molecule has 2 aliphatic rings. The molecule has 0 saturated carbocycles. The number of nitrogens with zero attached hydrogens (tertiary/aromatic N) is 4. The van der Waals surface area contributed by atoms with Crippen molar-refractivity contribution in [2.24, 2.45) is 0 Å². The Labute approximate surface area is 184 Å². The number of ether oxygens (including phenoxy) is 2. The number of aromatic nitrogens is 2. The molecule has 7 heteroatoms. The summed E-state index contributed by atoms with van der Waals surface area (Å²) in [7, 11) is 0. The fourth-order valence-electron chi connectivity index (χ4n) is 4.34. The van der Waals surface area contributed by atoms with Gasteiger partial charge in [0.2, 0.25) is 0 Å². The smallest absolute Gasteiger partial charge is 0.257 e. The summed E-state index contributed by atoms with van der Waals surface area (Å²) in [5.41, 5.74) is 1.44. The van der Waals surface area contributed by atoms with Gasteiger partial charge in [0.15, 0.2) is 0 Å². The van der Waals surface area contributed by atoms with Crippen LogP contribution in [0.15, 0.2) is 49.0 Å². The monoisotopic (exact) mass is 424 g/mol. The van der Waals surface area contributed by atoms with Crippen LogP contribution in [0.1, 0.15) is 43.5 Å². The van der Waals surface area contributed by atoms with Crippen LogP contribution in [0.5, 0.6) is 5.75 Å². The van der Waals surface area contributed by atoms with Gasteiger partial charge in [-0.2, -0.15) is 5.10 Å². The number of carbonyl (C=O) groups is 1. The fraction of sp³-hybridized carbons (Fsp3) is 0.500. The lowest BCUT2D eigenvalue weighted by Crippen LogP contribution is -2.43. The summed E-state index contributed by atoms with van der Waals surface area (Å²) in [5, 5.41) is 4.37. The minimum absolute atomic E-state index is 0.0495. The zero-order valence-electron chi connectivity index (χ0n) is 18.5. The van der Waals surface area contributed by atoms with E-state index in [-0.39, 0.29) is 12.0 Å². The van der Waals surface area contributed by atoms with Gasteiger partial charge in [0.1, 0.15) is 17.6 Å². The van der Waals surface area contributed by atoms with Crippen LogP contribution < -0.4 is 4.74 Å². The van der Waals surface area contributed by atoms with Crippen LogP contribution in [0.25, 0.3) is 5.69 Å². The topological polar surface area (TPSA) is 59.8 Å². The van der Waals surface area contributed by atoms with Gasteiger partial charge in [0.25, 0.3) is 5.91 Å². The van der Waals surface area contributed by atoms with E-state index in [9.17, 15) is 4.79 Å². The molecule has 31 heavy (non-hydrogen) atoms. The van der Waals surface area contributed by atoms with Crippen molar-refractivity contribution >= 4 is 5.91 Å². The Bertz CT molecular complexity index is 908. The summed E-state index contributed by atoms with van der Waals surface area (Å²) in [4.78, 5) is 17.1. The molecule has 1 amide bonds. The van der Waals surface area contributed by atoms with Gasteiger partial charge in [0, 0.05) is 18.8 Å². The van der Waals surface area contributed by atoms with Gasteiger partial charge < -0.3 is 19.3 Å². The molecule has 7 nitrogen and oxygen atoms in total. The van der Waals surface area contributed by atoms with E-state index in [0.717, 1.165) is 24.4 Å². The van der Waals surface area contributed by atoms with Crippen LogP contribution in [-0.2, 0) is 4.74 Å². The number of carbonyl (C=O) groups excluding carboxylic acids is 1. The molecule has 0 N–H and O–H groups in total. The van der Waals surface area contributed by atoms with Gasteiger partial charge in [-0.15, -0.1) is 0 Å². The summed E-state index contributed by atoms with van der Waals surface area (Å²) in [6.07, 6.45) is 6.97. The Morgan fingerprint density at radius 1 is 1.29 bits per heavy atom. The zero-order valence-corrected chi connectivity index (χ0v) is 18.5. The van der Waals surface area contributed by atoms with Crippen molar-refractivity contribution in [3.05, 3.63) is 54.6 Å². The first kappa shape index (κ1) is 21.4. The lowest BCUT2D eigenvalue weighted by molar-refractivity contribution is 0.0280. The first-order valence-corrected chi connectivity index (χ1v) is 11.2. The fourth-order valence-corrected chi connectivity index (χ4v) is 4.34. The average Bonchev–Trinajstić information content (AvgIpc) is 3.40. The molecule has 166 valence electrons. The average molecular weight is 425 g/mol. The predicted molar refractivity (Wildman–Crippen MR) is 120 cm³/mol. The Balaban J connectivity index is 1.29. The minimum atomic E-state index is -0.0603. The molecule has 0 aliphatic carbocycles. The minimum Gasteiger partial charge on any atom is -0.494 e. The van der Waals surface area contributed by atoms with Crippen molar-refractivity contribution in [3.8, 4) is 11.4 Å². The molecule has 2 saturated heterocycles. The maximum Gasteiger partial charge on any atom is 0.257 e. The molecule has 2 atom stereocenters. The molecular weight excluding hydrogens is 392 g/mol. The van der Waals surface area contributed by atoms with Gasteiger partial charge >= 0.3 is 0 Å². The number of amides is 1. The molecule has 3 heterocycles. The van der Waals surface area contributed by atoms with Gasteiger partial charge in [-0.05, 0) is 63.9 Å². The van der Waals surface area contributed by atoms with E-state index in [1.807, 2.05) is 31.2 Å². The van der Waals surface area contributed by atoms with E-state index in [1.54, 1.807) is 22.0 Å². The van der Waals surface area contributed by atoms with Gasteiger partial charge in [-0.1, -0.05) is 6.58 Å². The summed E-state index contributed by atoms with van der Waals surface area (Å²) < 4.78 is 13.1. The van der Waals surface area contributed by atoms with Crippen LogP contribution in [-0.4, -0.2) is 70.4 Å². The number of hydrogen-bond donors (Lipinski definition) is 0. The molecule has 2 aromatic rings. The third kappa shape index (κ3) is 5.28. The van der Waals surface area contributed by atoms with Crippen LogP contribution in [0.4, 0.5) is 0 Å². The maximum atomic E-state index is 12.8. The van der Waals surface area contributed by atoms with E-state index in [4.69, 9.17) is 9.47 Å². The Hall–Kier alpha value is -2.80. The predicted octanol–water partition coefficient (Wildman–Crippen LogP) is 3.50. The van der Waals surface area contributed by atoms with E-state index in [0.29, 0.717) is 37.1 Å². The van der Waals surface area contributed by atoms with Gasteiger partial charge in [-0.25, -0.2) is 4.68 Å². The second-order valence-electron chi connectivity index (χ2n) is 8.55. The summed E-state index contributed by atoms with van der Waals surface area (Å²) in [6.45, 7) is 12.1. The molecule has 1 unspecified atom stereocenters. The highest BCUT2D eigenvalue weighted by atomic mass is 16.5. The highest BCUT2D eigenvalue weighted by Gasteiger charge is 2.26. The molecule has 0 spiro atoms. The molecule has 4 rings (SSSR count). The van der Waals surface area contributed by atoms with E-state index >= 15 is 0 Å². The Morgan fingerprint density at radius 3 is 2.81 bits per heavy atom. The third-order valence-electron chi connectivity index (χ3n) is 5.98. The normalized spacial score (nSPS) is 21.9. The zero-order chi connectivity index (χ0) is 21.8. The van der Waals surface area contributed by atoms with E-state index in [1.165, 1.54) is 19.4 Å². The van der Waals surface area contributed by atoms with Crippen LogP contribution >= 0.6 is 0 Å². The number of rotatable bonds is 7. The third-order valence-corrected chi connectivity index (χ3v) is 5.98. The van der Waals surface area contributed by atoms with Crippen molar-refractivity contribution in [3.63, 3.8) is 0 Å². The molecule has 1 aromatic heterocycles. The Kier molecular flexibility index (Phi) is 6.61. The summed E-state index contributed by atoms with van der Waals surface area (Å²) in [5.74, 6) is 1.40. The number of benzene rings is 1.